The number of benzene rings is 1. The highest BCUT2D eigenvalue weighted by molar-refractivity contribution is 6.01. The lowest BCUT2D eigenvalue weighted by Crippen LogP contribution is -2.22. The van der Waals surface area contributed by atoms with Crippen molar-refractivity contribution in [2.24, 2.45) is 5.10 Å². The van der Waals surface area contributed by atoms with Crippen LogP contribution in [0.4, 0.5) is 0 Å². The number of nitrogens with zero attached hydrogens (tertiary/aromatic N) is 2. The minimum Gasteiger partial charge on any atom is -0.508 e. The van der Waals surface area contributed by atoms with Crippen LogP contribution in [-0.4, -0.2) is 34.7 Å². The summed E-state index contributed by atoms with van der Waals surface area (Å²) in [6, 6.07) is 7.06. The van der Waals surface area contributed by atoms with Gasteiger partial charge in [0, 0.05) is 12.1 Å². The lowest BCUT2D eigenvalue weighted by Gasteiger charge is -2.19. The maximum absolute atomic E-state index is 12.2. The quantitative estimate of drug-likeness (QED) is 0.586. The van der Waals surface area contributed by atoms with E-state index in [1.807, 2.05) is 13.0 Å². The van der Waals surface area contributed by atoms with Gasteiger partial charge in [0.15, 0.2) is 0 Å². The Bertz CT molecular complexity index is 805. The van der Waals surface area contributed by atoms with Crippen LogP contribution in [0.15, 0.2) is 33.8 Å². The molecule has 0 unspecified atom stereocenters. The van der Waals surface area contributed by atoms with E-state index in [9.17, 15) is 9.90 Å². The minimum atomic E-state index is -0.305. The lowest BCUT2D eigenvalue weighted by molar-refractivity contribution is 0.0953. The Morgan fingerprint density at radius 3 is 2.50 bits per heavy atom. The highest BCUT2D eigenvalue weighted by Gasteiger charge is 2.13. The van der Waals surface area contributed by atoms with Crippen molar-refractivity contribution >= 4 is 11.6 Å². The Hall–Kier alpha value is -2.60. The molecule has 0 fully saturated rings. The van der Waals surface area contributed by atoms with Gasteiger partial charge in [0.25, 0.3) is 5.91 Å². The zero-order valence-electron chi connectivity index (χ0n) is 16.1. The SMILES string of the molecule is CCN(CC)Cc1cc(/C(C)=N/NC(=O)c2cc(C)oc2C)ccc1O. The number of hydrogen-bond donors (Lipinski definition) is 2. The summed E-state index contributed by atoms with van der Waals surface area (Å²) in [6.07, 6.45) is 0. The predicted octanol–water partition coefficient (Wildman–Crippen LogP) is 3.60. The average molecular weight is 357 g/mol. The number of rotatable bonds is 7. The fraction of sp³-hybridized carbons (Fsp3) is 0.400. The Balaban J connectivity index is 2.15. The van der Waals surface area contributed by atoms with Crippen molar-refractivity contribution in [2.75, 3.05) is 13.1 Å². The van der Waals surface area contributed by atoms with E-state index < -0.39 is 0 Å². The van der Waals surface area contributed by atoms with E-state index >= 15 is 0 Å². The number of phenolic OH excluding ortho intramolecular Hbond substituents is 1. The van der Waals surface area contributed by atoms with Gasteiger partial charge in [-0.2, -0.15) is 5.10 Å². The second kappa shape index (κ2) is 8.67. The van der Waals surface area contributed by atoms with Gasteiger partial charge in [0.2, 0.25) is 0 Å². The molecule has 0 aliphatic rings. The van der Waals surface area contributed by atoms with Crippen molar-refractivity contribution < 1.29 is 14.3 Å². The molecule has 1 heterocycles. The summed E-state index contributed by atoms with van der Waals surface area (Å²) in [5, 5.41) is 14.3. The van der Waals surface area contributed by atoms with Gasteiger partial charge in [-0.1, -0.05) is 13.8 Å². The topological polar surface area (TPSA) is 78.1 Å². The molecule has 6 heteroatoms. The molecule has 2 rings (SSSR count). The number of amides is 1. The zero-order chi connectivity index (χ0) is 19.3. The minimum absolute atomic E-state index is 0.266. The molecule has 2 aromatic rings. The van der Waals surface area contributed by atoms with Gasteiger partial charge in [-0.3, -0.25) is 9.69 Å². The molecule has 0 spiro atoms. The molecule has 0 aliphatic heterocycles. The highest BCUT2D eigenvalue weighted by Crippen LogP contribution is 2.21. The molecule has 0 radical (unpaired) electrons. The average Bonchev–Trinajstić information content (AvgIpc) is 2.97. The van der Waals surface area contributed by atoms with Gasteiger partial charge < -0.3 is 9.52 Å². The monoisotopic (exact) mass is 357 g/mol. The van der Waals surface area contributed by atoms with Gasteiger partial charge in [0.05, 0.1) is 11.3 Å². The van der Waals surface area contributed by atoms with Crippen LogP contribution in [0.25, 0.3) is 0 Å². The molecular formula is C20H27N3O3. The van der Waals surface area contributed by atoms with Crippen molar-refractivity contribution in [2.45, 2.75) is 41.2 Å². The van der Waals surface area contributed by atoms with Crippen LogP contribution in [0.3, 0.4) is 0 Å². The lowest BCUT2D eigenvalue weighted by atomic mass is 10.1. The van der Waals surface area contributed by atoms with Crippen molar-refractivity contribution in [1.82, 2.24) is 10.3 Å². The summed E-state index contributed by atoms with van der Waals surface area (Å²) in [7, 11) is 0. The van der Waals surface area contributed by atoms with E-state index in [2.05, 4.69) is 29.3 Å². The summed E-state index contributed by atoms with van der Waals surface area (Å²) in [5.74, 6) is 1.22. The second-order valence-corrected chi connectivity index (χ2v) is 6.27. The van der Waals surface area contributed by atoms with Crippen LogP contribution >= 0.6 is 0 Å². The van der Waals surface area contributed by atoms with Crippen molar-refractivity contribution in [3.63, 3.8) is 0 Å². The molecule has 0 saturated carbocycles. The van der Waals surface area contributed by atoms with Gasteiger partial charge in [-0.25, -0.2) is 5.43 Å². The van der Waals surface area contributed by atoms with Crippen LogP contribution in [-0.2, 0) is 6.54 Å². The Kier molecular flexibility index (Phi) is 6.58. The maximum atomic E-state index is 12.2. The van der Waals surface area contributed by atoms with Crippen LogP contribution in [0.5, 0.6) is 5.75 Å². The molecule has 0 atom stereocenters. The summed E-state index contributed by atoms with van der Waals surface area (Å²) in [4.78, 5) is 14.5. The third kappa shape index (κ3) is 4.73. The van der Waals surface area contributed by atoms with Crippen LogP contribution in [0, 0.1) is 13.8 Å². The third-order valence-corrected chi connectivity index (χ3v) is 4.40. The molecule has 0 bridgehead atoms. The number of carbonyl (C=O) groups is 1. The Morgan fingerprint density at radius 2 is 1.92 bits per heavy atom. The smallest absolute Gasteiger partial charge is 0.274 e. The first-order valence-corrected chi connectivity index (χ1v) is 8.82. The van der Waals surface area contributed by atoms with E-state index in [0.29, 0.717) is 29.3 Å². The highest BCUT2D eigenvalue weighted by atomic mass is 16.3. The summed E-state index contributed by atoms with van der Waals surface area (Å²) < 4.78 is 5.37. The molecule has 6 nitrogen and oxygen atoms in total. The molecule has 140 valence electrons. The van der Waals surface area contributed by atoms with Crippen molar-refractivity contribution in [3.05, 3.63) is 52.5 Å². The molecular weight excluding hydrogens is 330 g/mol. The molecule has 1 aromatic heterocycles. The van der Waals surface area contributed by atoms with Crippen molar-refractivity contribution in [1.29, 1.82) is 0 Å². The van der Waals surface area contributed by atoms with Gasteiger partial charge >= 0.3 is 0 Å². The van der Waals surface area contributed by atoms with Gasteiger partial charge in [-0.05, 0) is 63.7 Å². The number of carbonyl (C=O) groups excluding carboxylic acids is 1. The Labute approximate surface area is 154 Å². The number of hydrazone groups is 1. The summed E-state index contributed by atoms with van der Waals surface area (Å²) in [6.45, 7) is 12.0. The van der Waals surface area contributed by atoms with Gasteiger partial charge in [-0.15, -0.1) is 0 Å². The fourth-order valence-corrected chi connectivity index (χ4v) is 2.74. The largest absolute Gasteiger partial charge is 0.508 e. The standard InChI is InChI=1S/C20H27N3O3/c1-6-23(7-2)12-17-11-16(8-9-19(17)24)14(4)21-22-20(25)18-10-13(3)26-15(18)5/h8-11,24H,6-7,12H2,1-5H3,(H,22,25)/b21-14+. The Morgan fingerprint density at radius 1 is 1.23 bits per heavy atom. The molecule has 0 aliphatic carbocycles. The van der Waals surface area contributed by atoms with E-state index in [-0.39, 0.29) is 11.7 Å². The maximum Gasteiger partial charge on any atom is 0.274 e. The zero-order valence-corrected chi connectivity index (χ0v) is 16.1. The number of aryl methyl sites for hydroxylation is 2. The molecule has 26 heavy (non-hydrogen) atoms. The molecule has 2 N–H and O–H groups in total. The summed E-state index contributed by atoms with van der Waals surface area (Å²) >= 11 is 0. The molecule has 1 aromatic carbocycles. The van der Waals surface area contributed by atoms with Crippen molar-refractivity contribution in [3.8, 4) is 5.75 Å². The van der Waals surface area contributed by atoms with Crippen LogP contribution < -0.4 is 5.43 Å². The number of phenols is 1. The first kappa shape index (κ1) is 19.7. The normalized spacial score (nSPS) is 11.8. The predicted molar refractivity (Wildman–Crippen MR) is 103 cm³/mol. The fourth-order valence-electron chi connectivity index (χ4n) is 2.74. The van der Waals surface area contributed by atoms with E-state index in [1.54, 1.807) is 32.0 Å². The van der Waals surface area contributed by atoms with E-state index in [4.69, 9.17) is 4.42 Å². The molecule has 1 amide bonds. The number of nitrogens with one attached hydrogen (secondary N) is 1. The third-order valence-electron chi connectivity index (χ3n) is 4.40. The summed E-state index contributed by atoms with van der Waals surface area (Å²) in [5.41, 5.74) is 5.40. The number of furan rings is 1. The van der Waals surface area contributed by atoms with E-state index in [1.165, 1.54) is 0 Å². The van der Waals surface area contributed by atoms with Crippen LogP contribution in [0.1, 0.15) is 53.8 Å². The number of hydrogen-bond acceptors (Lipinski definition) is 5. The van der Waals surface area contributed by atoms with Crippen LogP contribution in [0.2, 0.25) is 0 Å². The second-order valence-electron chi connectivity index (χ2n) is 6.27. The number of aromatic hydroxyl groups is 1. The first-order chi connectivity index (χ1) is 12.3. The first-order valence-electron chi connectivity index (χ1n) is 8.82. The van der Waals surface area contributed by atoms with E-state index in [0.717, 1.165) is 24.2 Å². The molecule has 0 saturated heterocycles. The van der Waals surface area contributed by atoms with Gasteiger partial charge in [0.1, 0.15) is 17.3 Å².